The van der Waals surface area contributed by atoms with Crippen molar-refractivity contribution in [1.29, 1.82) is 0 Å². The van der Waals surface area contributed by atoms with E-state index in [9.17, 15) is 28.1 Å². The Morgan fingerprint density at radius 2 is 1.97 bits per heavy atom. The van der Waals surface area contributed by atoms with E-state index in [2.05, 4.69) is 10.4 Å². The van der Waals surface area contributed by atoms with Gasteiger partial charge < -0.3 is 14.8 Å². The van der Waals surface area contributed by atoms with E-state index in [0.717, 1.165) is 18.2 Å². The molecule has 13 heteroatoms. The minimum absolute atomic E-state index is 0.0415. The molecule has 0 aliphatic rings. The molecule has 1 heterocycles. The number of carbonyl (C=O) groups excluding carboxylic acids is 1. The number of anilines is 1. The number of hydrogen-bond acceptors (Lipinski definition) is 6. The van der Waals surface area contributed by atoms with Gasteiger partial charge in [-0.1, -0.05) is 11.6 Å². The van der Waals surface area contributed by atoms with Crippen molar-refractivity contribution in [1.82, 2.24) is 9.78 Å². The van der Waals surface area contributed by atoms with E-state index in [0.29, 0.717) is 0 Å². The molecular weight excluding hydrogens is 457 g/mol. The van der Waals surface area contributed by atoms with Crippen molar-refractivity contribution in [2.45, 2.75) is 13.2 Å². The first-order valence-corrected chi connectivity index (χ1v) is 9.22. The number of amides is 1. The summed E-state index contributed by atoms with van der Waals surface area (Å²) in [5.41, 5.74) is -0.545. The van der Waals surface area contributed by atoms with Gasteiger partial charge in [0.05, 0.1) is 21.7 Å². The maximum Gasteiger partial charge on any atom is 0.276 e. The molecule has 0 saturated carbocycles. The summed E-state index contributed by atoms with van der Waals surface area (Å²) in [5, 5.41) is 17.4. The van der Waals surface area contributed by atoms with E-state index in [1.165, 1.54) is 35.1 Å². The minimum atomic E-state index is -2.77. The topological polar surface area (TPSA) is 109 Å². The van der Waals surface area contributed by atoms with Crippen LogP contribution in [0.4, 0.5) is 24.5 Å². The molecule has 0 unspecified atom stereocenters. The van der Waals surface area contributed by atoms with Crippen LogP contribution < -0.4 is 14.8 Å². The van der Waals surface area contributed by atoms with Gasteiger partial charge in [-0.05, 0) is 18.2 Å². The van der Waals surface area contributed by atoms with Gasteiger partial charge in [0.1, 0.15) is 23.9 Å². The van der Waals surface area contributed by atoms with E-state index in [4.69, 9.17) is 21.1 Å². The summed E-state index contributed by atoms with van der Waals surface area (Å²) in [6.45, 7) is -1.07. The molecule has 1 N–H and O–H groups in total. The lowest BCUT2D eigenvalue weighted by Crippen LogP contribution is -2.15. The number of alkyl halides is 2. The van der Waals surface area contributed by atoms with Crippen LogP contribution in [0.1, 0.15) is 10.5 Å². The first-order valence-electron chi connectivity index (χ1n) is 8.84. The largest absolute Gasteiger partial charge is 0.487 e. The number of hydrogen-bond donors (Lipinski definition) is 1. The first-order chi connectivity index (χ1) is 15.2. The normalized spacial score (nSPS) is 10.8. The maximum atomic E-state index is 13.2. The lowest BCUT2D eigenvalue weighted by atomic mass is 10.2. The van der Waals surface area contributed by atoms with Gasteiger partial charge in [-0.2, -0.15) is 5.10 Å². The van der Waals surface area contributed by atoms with Gasteiger partial charge in [0.25, 0.3) is 18.0 Å². The number of ether oxygens (including phenoxy) is 2. The Bertz CT molecular complexity index is 1140. The zero-order valence-electron chi connectivity index (χ0n) is 16.0. The molecule has 32 heavy (non-hydrogen) atoms. The SMILES string of the molecule is O=C(Nc1cc(OCC(F)F)cc([N+](=O)[O-])c1)c1ccn(COc2ccc(F)c(Cl)c2)n1. The van der Waals surface area contributed by atoms with Gasteiger partial charge in [0, 0.05) is 24.4 Å². The zero-order valence-corrected chi connectivity index (χ0v) is 16.8. The monoisotopic (exact) mass is 470 g/mol. The predicted octanol–water partition coefficient (Wildman–Crippen LogP) is 4.52. The summed E-state index contributed by atoms with van der Waals surface area (Å²) >= 11 is 5.68. The third kappa shape index (κ3) is 6.11. The van der Waals surface area contributed by atoms with Gasteiger partial charge in [-0.15, -0.1) is 0 Å². The van der Waals surface area contributed by atoms with Gasteiger partial charge >= 0.3 is 0 Å². The van der Waals surface area contributed by atoms with E-state index in [1.807, 2.05) is 0 Å². The summed E-state index contributed by atoms with van der Waals surface area (Å²) in [5.74, 6) is -1.23. The fraction of sp³-hybridized carbons (Fsp3) is 0.158. The highest BCUT2D eigenvalue weighted by molar-refractivity contribution is 6.30. The predicted molar refractivity (Wildman–Crippen MR) is 107 cm³/mol. The smallest absolute Gasteiger partial charge is 0.276 e. The molecule has 3 rings (SSSR count). The van der Waals surface area contributed by atoms with E-state index >= 15 is 0 Å². The van der Waals surface area contributed by atoms with Crippen molar-refractivity contribution >= 4 is 28.9 Å². The second-order valence-corrected chi connectivity index (χ2v) is 6.63. The van der Waals surface area contributed by atoms with Gasteiger partial charge in [0.2, 0.25) is 0 Å². The number of nitrogens with zero attached hydrogens (tertiary/aromatic N) is 3. The van der Waals surface area contributed by atoms with E-state index in [-0.39, 0.29) is 34.6 Å². The number of rotatable bonds is 9. The molecule has 0 radical (unpaired) electrons. The molecule has 1 amide bonds. The molecule has 3 aromatic rings. The number of nitrogens with one attached hydrogen (secondary N) is 1. The summed E-state index contributed by atoms with van der Waals surface area (Å²) in [7, 11) is 0. The van der Waals surface area contributed by atoms with E-state index < -0.39 is 35.4 Å². The Kier molecular flexibility index (Phi) is 7.15. The highest BCUT2D eigenvalue weighted by Gasteiger charge is 2.16. The molecule has 0 aliphatic heterocycles. The minimum Gasteiger partial charge on any atom is -0.487 e. The summed E-state index contributed by atoms with van der Waals surface area (Å²) in [4.78, 5) is 22.7. The number of aromatic nitrogens is 2. The molecular formula is C19H14ClF3N4O5. The van der Waals surface area contributed by atoms with Crippen LogP contribution in [0.3, 0.4) is 0 Å². The number of benzene rings is 2. The summed E-state index contributed by atoms with van der Waals surface area (Å²) in [6, 6.07) is 8.33. The van der Waals surface area contributed by atoms with Crippen LogP contribution in [0.25, 0.3) is 0 Å². The Labute approximate surface area is 183 Å². The Morgan fingerprint density at radius 3 is 2.66 bits per heavy atom. The number of nitro benzene ring substituents is 1. The Hall–Kier alpha value is -3.80. The lowest BCUT2D eigenvalue weighted by Gasteiger charge is -2.09. The third-order valence-electron chi connectivity index (χ3n) is 3.86. The summed E-state index contributed by atoms with van der Waals surface area (Å²) < 4.78 is 49.4. The van der Waals surface area contributed by atoms with Crippen LogP contribution in [-0.2, 0) is 6.73 Å². The van der Waals surface area contributed by atoms with Gasteiger partial charge in [-0.25, -0.2) is 17.9 Å². The lowest BCUT2D eigenvalue weighted by molar-refractivity contribution is -0.384. The van der Waals surface area contributed by atoms with Crippen LogP contribution in [0.5, 0.6) is 11.5 Å². The van der Waals surface area contributed by atoms with Crippen LogP contribution in [-0.4, -0.2) is 33.6 Å². The van der Waals surface area contributed by atoms with Gasteiger partial charge in [0.15, 0.2) is 12.4 Å². The fourth-order valence-corrected chi connectivity index (χ4v) is 2.63. The van der Waals surface area contributed by atoms with Crippen LogP contribution >= 0.6 is 11.6 Å². The maximum absolute atomic E-state index is 13.2. The zero-order chi connectivity index (χ0) is 23.3. The quantitative estimate of drug-likeness (QED) is 0.364. The highest BCUT2D eigenvalue weighted by Crippen LogP contribution is 2.27. The van der Waals surface area contributed by atoms with Crippen LogP contribution in [0.2, 0.25) is 5.02 Å². The van der Waals surface area contributed by atoms with Gasteiger partial charge in [-0.3, -0.25) is 14.9 Å². The highest BCUT2D eigenvalue weighted by atomic mass is 35.5. The summed E-state index contributed by atoms with van der Waals surface area (Å²) in [6.07, 6.45) is -1.34. The number of carbonyl (C=O) groups is 1. The fourth-order valence-electron chi connectivity index (χ4n) is 2.46. The van der Waals surface area contributed by atoms with Crippen LogP contribution in [0, 0.1) is 15.9 Å². The van der Waals surface area contributed by atoms with Crippen molar-refractivity contribution in [3.63, 3.8) is 0 Å². The molecule has 0 fully saturated rings. The molecule has 1 aromatic heterocycles. The molecule has 0 saturated heterocycles. The van der Waals surface area contributed by atoms with Crippen molar-refractivity contribution in [2.75, 3.05) is 11.9 Å². The van der Waals surface area contributed by atoms with Crippen LogP contribution in [0.15, 0.2) is 48.7 Å². The molecule has 0 aliphatic carbocycles. The number of nitro groups is 1. The Morgan fingerprint density at radius 1 is 1.19 bits per heavy atom. The van der Waals surface area contributed by atoms with Crippen molar-refractivity contribution in [3.8, 4) is 11.5 Å². The molecule has 168 valence electrons. The standard InChI is InChI=1S/C19H14ClF3N4O5/c20-15-8-13(1-2-16(15)21)32-10-26-4-3-17(25-26)19(28)24-11-5-12(27(29)30)7-14(6-11)31-9-18(22)23/h1-8,18H,9-10H2,(H,24,28). The average molecular weight is 471 g/mol. The first kappa shape index (κ1) is 22.9. The van der Waals surface area contributed by atoms with E-state index in [1.54, 1.807) is 0 Å². The Balaban J connectivity index is 1.67. The molecule has 0 bridgehead atoms. The van der Waals surface area contributed by atoms with Crippen molar-refractivity contribution in [2.24, 2.45) is 0 Å². The molecule has 0 spiro atoms. The van der Waals surface area contributed by atoms with Crippen molar-refractivity contribution in [3.05, 3.63) is 75.3 Å². The second kappa shape index (κ2) is 10.0. The average Bonchev–Trinajstić information content (AvgIpc) is 3.22. The molecule has 9 nitrogen and oxygen atoms in total. The number of non-ortho nitro benzene ring substituents is 1. The second-order valence-electron chi connectivity index (χ2n) is 6.22. The molecule has 2 aromatic carbocycles. The number of halogens is 4. The molecule has 0 atom stereocenters. The third-order valence-corrected chi connectivity index (χ3v) is 4.15. The van der Waals surface area contributed by atoms with Crippen molar-refractivity contribution < 1.29 is 32.4 Å².